The van der Waals surface area contributed by atoms with E-state index >= 15 is 0 Å². The van der Waals surface area contributed by atoms with Crippen molar-refractivity contribution >= 4 is 5.91 Å². The van der Waals surface area contributed by atoms with Crippen molar-refractivity contribution in [2.75, 3.05) is 6.54 Å². The van der Waals surface area contributed by atoms with Crippen LogP contribution in [0.15, 0.2) is 23.0 Å². The molecule has 1 saturated heterocycles. The van der Waals surface area contributed by atoms with Crippen molar-refractivity contribution in [3.8, 4) is 0 Å². The van der Waals surface area contributed by atoms with Gasteiger partial charge in [0.15, 0.2) is 0 Å². The summed E-state index contributed by atoms with van der Waals surface area (Å²) in [5.74, 6) is 0.680. The molecular weight excluding hydrogens is 292 g/mol. The summed E-state index contributed by atoms with van der Waals surface area (Å²) in [5.41, 5.74) is 1.74. The van der Waals surface area contributed by atoms with Gasteiger partial charge in [-0.1, -0.05) is 5.16 Å². The maximum Gasteiger partial charge on any atom is 0.230 e. The van der Waals surface area contributed by atoms with Gasteiger partial charge in [-0.3, -0.25) is 9.48 Å². The molecule has 124 valence electrons. The van der Waals surface area contributed by atoms with E-state index in [4.69, 9.17) is 4.52 Å². The van der Waals surface area contributed by atoms with Crippen molar-refractivity contribution < 1.29 is 9.32 Å². The second-order valence-electron chi connectivity index (χ2n) is 6.37. The van der Waals surface area contributed by atoms with Gasteiger partial charge in [-0.05, 0) is 46.1 Å². The Morgan fingerprint density at radius 1 is 1.43 bits per heavy atom. The molecule has 0 aromatic carbocycles. The van der Waals surface area contributed by atoms with Crippen LogP contribution in [0.25, 0.3) is 0 Å². The van der Waals surface area contributed by atoms with E-state index in [9.17, 15) is 4.79 Å². The highest BCUT2D eigenvalue weighted by Gasteiger charge is 2.32. The van der Waals surface area contributed by atoms with Gasteiger partial charge in [0.2, 0.25) is 5.91 Å². The molecule has 0 N–H and O–H groups in total. The molecule has 3 heterocycles. The standard InChI is InChI=1S/C17H24N4O2/c1-12(16-13(2)19-23-14(16)3)17(22)21-10-5-4-7-15(21)11-20-9-6-8-18-20/h6,8-9,12,15H,4-5,7,10-11H2,1-3H3/t12-,15-/m0/s1. The van der Waals surface area contributed by atoms with Crippen molar-refractivity contribution in [1.29, 1.82) is 0 Å². The van der Waals surface area contributed by atoms with Crippen LogP contribution in [0.1, 0.15) is 49.1 Å². The Kier molecular flexibility index (Phi) is 4.50. The number of amides is 1. The second kappa shape index (κ2) is 6.56. The summed E-state index contributed by atoms with van der Waals surface area (Å²) in [6.45, 7) is 7.30. The molecule has 1 aliphatic rings. The quantitative estimate of drug-likeness (QED) is 0.870. The summed E-state index contributed by atoms with van der Waals surface area (Å²) >= 11 is 0. The number of carbonyl (C=O) groups excluding carboxylic acids is 1. The van der Waals surface area contributed by atoms with E-state index in [-0.39, 0.29) is 17.9 Å². The van der Waals surface area contributed by atoms with Crippen LogP contribution < -0.4 is 0 Å². The average Bonchev–Trinajstić information content (AvgIpc) is 3.17. The molecule has 0 spiro atoms. The minimum atomic E-state index is -0.223. The van der Waals surface area contributed by atoms with Gasteiger partial charge in [0.1, 0.15) is 5.76 Å². The van der Waals surface area contributed by atoms with E-state index in [1.165, 1.54) is 0 Å². The predicted octanol–water partition coefficient (Wildman–Crippen LogP) is 2.67. The van der Waals surface area contributed by atoms with Crippen molar-refractivity contribution in [3.05, 3.63) is 35.5 Å². The first-order valence-corrected chi connectivity index (χ1v) is 8.28. The number of piperidine rings is 1. The predicted molar refractivity (Wildman–Crippen MR) is 86.0 cm³/mol. The van der Waals surface area contributed by atoms with Crippen LogP contribution in [0.2, 0.25) is 0 Å². The van der Waals surface area contributed by atoms with Crippen LogP contribution in [-0.4, -0.2) is 38.3 Å². The smallest absolute Gasteiger partial charge is 0.230 e. The van der Waals surface area contributed by atoms with E-state index in [0.29, 0.717) is 0 Å². The number of likely N-dealkylation sites (tertiary alicyclic amines) is 1. The minimum Gasteiger partial charge on any atom is -0.361 e. The third kappa shape index (κ3) is 3.16. The summed E-state index contributed by atoms with van der Waals surface area (Å²) in [5, 5.41) is 8.27. The Balaban J connectivity index is 1.78. The highest BCUT2D eigenvalue weighted by Crippen LogP contribution is 2.28. The van der Waals surface area contributed by atoms with E-state index in [0.717, 1.165) is 49.4 Å². The fraction of sp³-hybridized carbons (Fsp3) is 0.588. The highest BCUT2D eigenvalue weighted by atomic mass is 16.5. The summed E-state index contributed by atoms with van der Waals surface area (Å²) in [7, 11) is 0. The molecule has 0 aliphatic carbocycles. The summed E-state index contributed by atoms with van der Waals surface area (Å²) in [6, 6.07) is 2.13. The lowest BCUT2D eigenvalue weighted by atomic mass is 9.94. The van der Waals surface area contributed by atoms with Gasteiger partial charge in [0, 0.05) is 24.5 Å². The van der Waals surface area contributed by atoms with Gasteiger partial charge in [-0.25, -0.2) is 0 Å². The molecule has 1 amide bonds. The number of hydrogen-bond acceptors (Lipinski definition) is 4. The zero-order chi connectivity index (χ0) is 16.4. The molecular formula is C17H24N4O2. The van der Waals surface area contributed by atoms with Crippen LogP contribution in [-0.2, 0) is 11.3 Å². The van der Waals surface area contributed by atoms with Crippen molar-refractivity contribution in [2.45, 2.75) is 58.5 Å². The maximum atomic E-state index is 13.1. The molecule has 2 atom stereocenters. The van der Waals surface area contributed by atoms with Gasteiger partial charge in [-0.15, -0.1) is 0 Å². The molecule has 6 nitrogen and oxygen atoms in total. The average molecular weight is 316 g/mol. The zero-order valence-corrected chi connectivity index (χ0v) is 14.0. The van der Waals surface area contributed by atoms with E-state index in [1.807, 2.05) is 42.6 Å². The molecule has 2 aromatic heterocycles. The highest BCUT2D eigenvalue weighted by molar-refractivity contribution is 5.84. The first-order chi connectivity index (χ1) is 11.1. The lowest BCUT2D eigenvalue weighted by Gasteiger charge is -2.37. The zero-order valence-electron chi connectivity index (χ0n) is 14.0. The normalized spacial score (nSPS) is 19.8. The fourth-order valence-electron chi connectivity index (χ4n) is 3.59. The summed E-state index contributed by atoms with van der Waals surface area (Å²) in [4.78, 5) is 15.1. The van der Waals surface area contributed by atoms with Gasteiger partial charge < -0.3 is 9.42 Å². The second-order valence-corrected chi connectivity index (χ2v) is 6.37. The molecule has 0 bridgehead atoms. The monoisotopic (exact) mass is 316 g/mol. The van der Waals surface area contributed by atoms with Crippen LogP contribution in [0.3, 0.4) is 0 Å². The maximum absolute atomic E-state index is 13.1. The van der Waals surface area contributed by atoms with Crippen molar-refractivity contribution in [2.24, 2.45) is 0 Å². The largest absolute Gasteiger partial charge is 0.361 e. The van der Waals surface area contributed by atoms with E-state index in [1.54, 1.807) is 6.20 Å². The lowest BCUT2D eigenvalue weighted by Crippen LogP contribution is -2.47. The molecule has 1 fully saturated rings. The molecule has 3 rings (SSSR count). The number of carbonyl (C=O) groups is 1. The van der Waals surface area contributed by atoms with Crippen LogP contribution in [0.4, 0.5) is 0 Å². The summed E-state index contributed by atoms with van der Waals surface area (Å²) < 4.78 is 7.14. The molecule has 0 radical (unpaired) electrons. The number of rotatable bonds is 4. The van der Waals surface area contributed by atoms with Crippen LogP contribution >= 0.6 is 0 Å². The Labute approximate surface area is 136 Å². The Morgan fingerprint density at radius 2 is 2.26 bits per heavy atom. The van der Waals surface area contributed by atoms with Gasteiger partial charge in [0.25, 0.3) is 0 Å². The Morgan fingerprint density at radius 3 is 2.91 bits per heavy atom. The molecule has 2 aromatic rings. The van der Waals surface area contributed by atoms with Gasteiger partial charge >= 0.3 is 0 Å². The topological polar surface area (TPSA) is 64.2 Å². The van der Waals surface area contributed by atoms with Crippen molar-refractivity contribution in [1.82, 2.24) is 19.8 Å². The molecule has 0 unspecified atom stereocenters. The molecule has 6 heteroatoms. The molecule has 0 saturated carbocycles. The first-order valence-electron chi connectivity index (χ1n) is 8.28. The first kappa shape index (κ1) is 15.8. The number of nitrogens with zero attached hydrogens (tertiary/aromatic N) is 4. The third-order valence-corrected chi connectivity index (χ3v) is 4.76. The lowest BCUT2D eigenvalue weighted by molar-refractivity contribution is -0.136. The fourth-order valence-corrected chi connectivity index (χ4v) is 3.59. The minimum absolute atomic E-state index is 0.163. The van der Waals surface area contributed by atoms with Crippen molar-refractivity contribution in [3.63, 3.8) is 0 Å². The molecule has 23 heavy (non-hydrogen) atoms. The third-order valence-electron chi connectivity index (χ3n) is 4.76. The summed E-state index contributed by atoms with van der Waals surface area (Å²) in [6.07, 6.45) is 6.99. The van der Waals surface area contributed by atoms with Gasteiger partial charge in [0.05, 0.1) is 24.2 Å². The number of aryl methyl sites for hydroxylation is 2. The Hall–Kier alpha value is -2.11. The number of hydrogen-bond donors (Lipinski definition) is 0. The van der Waals surface area contributed by atoms with Crippen LogP contribution in [0, 0.1) is 13.8 Å². The van der Waals surface area contributed by atoms with E-state index < -0.39 is 0 Å². The number of aromatic nitrogens is 3. The Bertz CT molecular complexity index is 643. The van der Waals surface area contributed by atoms with E-state index in [2.05, 4.69) is 10.3 Å². The van der Waals surface area contributed by atoms with Crippen LogP contribution in [0.5, 0.6) is 0 Å². The van der Waals surface area contributed by atoms with Gasteiger partial charge in [-0.2, -0.15) is 5.10 Å². The molecule has 1 aliphatic heterocycles. The SMILES string of the molecule is Cc1noc(C)c1[C@H](C)C(=O)N1CCCC[C@H]1Cn1cccn1.